The molecule has 0 aliphatic heterocycles. The number of hydrogen-bond acceptors (Lipinski definition) is 5. The predicted molar refractivity (Wildman–Crippen MR) is 64.9 cm³/mol. The predicted octanol–water partition coefficient (Wildman–Crippen LogP) is 2.33. The van der Waals surface area contributed by atoms with E-state index in [1.807, 2.05) is 13.0 Å². The van der Waals surface area contributed by atoms with Crippen molar-refractivity contribution in [2.24, 2.45) is 0 Å². The van der Waals surface area contributed by atoms with E-state index in [9.17, 15) is 0 Å². The highest BCUT2D eigenvalue weighted by Crippen LogP contribution is 2.27. The van der Waals surface area contributed by atoms with Gasteiger partial charge in [0.15, 0.2) is 0 Å². The van der Waals surface area contributed by atoms with Gasteiger partial charge in [0.05, 0.1) is 28.6 Å². The molecule has 0 fully saturated rings. The lowest BCUT2D eigenvalue weighted by molar-refractivity contribution is 0.391. The van der Waals surface area contributed by atoms with Gasteiger partial charge in [-0.2, -0.15) is 0 Å². The standard InChI is InChI=1S/C10H11BrN4O/c1-6-2-7(15-16-6)3-14-10-8(11)4-13-5-9(10)12/h2,4-5H,3,12H2,1H3,(H,13,14). The topological polar surface area (TPSA) is 77.0 Å². The number of nitrogens with one attached hydrogen (secondary N) is 1. The minimum atomic E-state index is 0.560. The van der Waals surface area contributed by atoms with E-state index < -0.39 is 0 Å². The van der Waals surface area contributed by atoms with E-state index in [1.165, 1.54) is 0 Å². The second-order valence-electron chi connectivity index (χ2n) is 3.37. The molecular weight excluding hydrogens is 272 g/mol. The average Bonchev–Trinajstić information content (AvgIpc) is 2.63. The molecule has 0 saturated carbocycles. The highest BCUT2D eigenvalue weighted by Gasteiger charge is 2.05. The van der Waals surface area contributed by atoms with Crippen LogP contribution in [0.4, 0.5) is 11.4 Å². The highest BCUT2D eigenvalue weighted by molar-refractivity contribution is 9.10. The van der Waals surface area contributed by atoms with E-state index >= 15 is 0 Å². The van der Waals surface area contributed by atoms with Crippen molar-refractivity contribution in [3.63, 3.8) is 0 Å². The maximum absolute atomic E-state index is 5.79. The molecule has 84 valence electrons. The van der Waals surface area contributed by atoms with Gasteiger partial charge in [-0.3, -0.25) is 4.98 Å². The van der Waals surface area contributed by atoms with Crippen molar-refractivity contribution in [3.05, 3.63) is 34.4 Å². The molecule has 0 aromatic carbocycles. The van der Waals surface area contributed by atoms with Gasteiger partial charge < -0.3 is 15.6 Å². The van der Waals surface area contributed by atoms with Crippen LogP contribution in [0.25, 0.3) is 0 Å². The average molecular weight is 283 g/mol. The van der Waals surface area contributed by atoms with Crippen LogP contribution >= 0.6 is 15.9 Å². The van der Waals surface area contributed by atoms with Crippen LogP contribution in [0.15, 0.2) is 27.5 Å². The van der Waals surface area contributed by atoms with Gasteiger partial charge in [-0.15, -0.1) is 0 Å². The fourth-order valence-corrected chi connectivity index (χ4v) is 1.80. The Hall–Kier alpha value is -1.56. The third kappa shape index (κ3) is 2.33. The van der Waals surface area contributed by atoms with Gasteiger partial charge in [-0.25, -0.2) is 0 Å². The lowest BCUT2D eigenvalue weighted by atomic mass is 10.3. The number of pyridine rings is 1. The molecule has 0 spiro atoms. The number of nitrogens with two attached hydrogens (primary N) is 1. The molecule has 5 nitrogen and oxygen atoms in total. The molecule has 6 heteroatoms. The molecule has 3 N–H and O–H groups in total. The molecule has 0 unspecified atom stereocenters. The van der Waals surface area contributed by atoms with Crippen molar-refractivity contribution >= 4 is 27.3 Å². The summed E-state index contributed by atoms with van der Waals surface area (Å²) >= 11 is 3.38. The normalized spacial score (nSPS) is 10.4. The molecule has 0 atom stereocenters. The first-order chi connectivity index (χ1) is 7.66. The molecule has 0 radical (unpaired) electrons. The second-order valence-corrected chi connectivity index (χ2v) is 4.22. The quantitative estimate of drug-likeness (QED) is 0.904. The summed E-state index contributed by atoms with van der Waals surface area (Å²) in [6.07, 6.45) is 3.29. The van der Waals surface area contributed by atoms with Crippen LogP contribution in [0.5, 0.6) is 0 Å². The molecular formula is C10H11BrN4O. The van der Waals surface area contributed by atoms with Gasteiger partial charge in [0.1, 0.15) is 11.5 Å². The van der Waals surface area contributed by atoms with Crippen LogP contribution in [0.2, 0.25) is 0 Å². The van der Waals surface area contributed by atoms with E-state index in [1.54, 1.807) is 12.4 Å². The number of aryl methyl sites for hydroxylation is 1. The lowest BCUT2D eigenvalue weighted by Crippen LogP contribution is -2.03. The molecule has 0 aliphatic rings. The molecule has 0 aliphatic carbocycles. The number of nitrogen functional groups attached to an aromatic ring is 1. The van der Waals surface area contributed by atoms with Crippen LogP contribution in [-0.2, 0) is 6.54 Å². The van der Waals surface area contributed by atoms with Crippen LogP contribution < -0.4 is 11.1 Å². The SMILES string of the molecule is Cc1cc(CNc2c(N)cncc2Br)no1. The lowest BCUT2D eigenvalue weighted by Gasteiger charge is -2.08. The van der Waals surface area contributed by atoms with Gasteiger partial charge in [0.2, 0.25) is 0 Å². The minimum Gasteiger partial charge on any atom is -0.396 e. The van der Waals surface area contributed by atoms with Crippen molar-refractivity contribution < 1.29 is 4.52 Å². The molecule has 2 aromatic heterocycles. The molecule has 2 aromatic rings. The number of aromatic nitrogens is 2. The Bertz CT molecular complexity index is 477. The Labute approximate surface area is 101 Å². The van der Waals surface area contributed by atoms with Crippen LogP contribution in [0.1, 0.15) is 11.5 Å². The van der Waals surface area contributed by atoms with Gasteiger partial charge in [-0.05, 0) is 22.9 Å². The molecule has 0 saturated heterocycles. The van der Waals surface area contributed by atoms with Gasteiger partial charge in [0, 0.05) is 12.3 Å². The van der Waals surface area contributed by atoms with Crippen molar-refractivity contribution in [1.82, 2.24) is 10.1 Å². The Morgan fingerprint density at radius 2 is 2.31 bits per heavy atom. The second kappa shape index (κ2) is 4.52. The minimum absolute atomic E-state index is 0.560. The zero-order valence-corrected chi connectivity index (χ0v) is 10.3. The monoisotopic (exact) mass is 282 g/mol. The van der Waals surface area contributed by atoms with Crippen molar-refractivity contribution in [2.75, 3.05) is 11.1 Å². The zero-order valence-electron chi connectivity index (χ0n) is 8.70. The summed E-state index contributed by atoms with van der Waals surface area (Å²) < 4.78 is 5.79. The largest absolute Gasteiger partial charge is 0.396 e. The first-order valence-electron chi connectivity index (χ1n) is 4.72. The van der Waals surface area contributed by atoms with Crippen LogP contribution in [-0.4, -0.2) is 10.1 Å². The maximum Gasteiger partial charge on any atom is 0.133 e. The maximum atomic E-state index is 5.79. The number of hydrogen-bond donors (Lipinski definition) is 2. The first-order valence-corrected chi connectivity index (χ1v) is 5.51. The van der Waals surface area contributed by atoms with Crippen molar-refractivity contribution in [3.8, 4) is 0 Å². The summed E-state index contributed by atoms with van der Waals surface area (Å²) in [7, 11) is 0. The number of anilines is 2. The molecule has 2 heterocycles. The summed E-state index contributed by atoms with van der Waals surface area (Å²) in [5.74, 6) is 0.790. The highest BCUT2D eigenvalue weighted by atomic mass is 79.9. The number of rotatable bonds is 3. The van der Waals surface area contributed by atoms with E-state index in [-0.39, 0.29) is 0 Å². The van der Waals surface area contributed by atoms with Crippen molar-refractivity contribution in [2.45, 2.75) is 13.5 Å². The fourth-order valence-electron chi connectivity index (χ4n) is 1.32. The smallest absolute Gasteiger partial charge is 0.133 e. The number of nitrogens with zero attached hydrogens (tertiary/aromatic N) is 2. The Morgan fingerprint density at radius 3 is 2.94 bits per heavy atom. The molecule has 0 amide bonds. The van der Waals surface area contributed by atoms with Gasteiger partial charge >= 0.3 is 0 Å². The Morgan fingerprint density at radius 1 is 1.50 bits per heavy atom. The summed E-state index contributed by atoms with van der Waals surface area (Å²) in [4.78, 5) is 3.96. The summed E-state index contributed by atoms with van der Waals surface area (Å²) in [5, 5.41) is 7.06. The molecule has 0 bridgehead atoms. The van der Waals surface area contributed by atoms with Crippen molar-refractivity contribution in [1.29, 1.82) is 0 Å². The van der Waals surface area contributed by atoms with E-state index in [0.29, 0.717) is 12.2 Å². The number of halogens is 1. The Balaban J connectivity index is 2.10. The fraction of sp³-hybridized carbons (Fsp3) is 0.200. The third-order valence-electron chi connectivity index (χ3n) is 2.05. The van der Waals surface area contributed by atoms with E-state index in [2.05, 4.69) is 31.4 Å². The first kappa shape index (κ1) is 10.9. The third-order valence-corrected chi connectivity index (χ3v) is 2.65. The van der Waals surface area contributed by atoms with Crippen LogP contribution in [0.3, 0.4) is 0 Å². The zero-order chi connectivity index (χ0) is 11.5. The Kier molecular flexibility index (Phi) is 3.09. The summed E-state index contributed by atoms with van der Waals surface area (Å²) in [5.41, 5.74) is 8.03. The molecule has 16 heavy (non-hydrogen) atoms. The van der Waals surface area contributed by atoms with E-state index in [0.717, 1.165) is 21.6 Å². The summed E-state index contributed by atoms with van der Waals surface area (Å²) in [6, 6.07) is 1.87. The molecule has 2 rings (SSSR count). The van der Waals surface area contributed by atoms with Crippen LogP contribution in [0, 0.1) is 6.92 Å². The van der Waals surface area contributed by atoms with Gasteiger partial charge in [0.25, 0.3) is 0 Å². The van der Waals surface area contributed by atoms with E-state index in [4.69, 9.17) is 10.3 Å². The van der Waals surface area contributed by atoms with Gasteiger partial charge in [-0.1, -0.05) is 5.16 Å². The summed E-state index contributed by atoms with van der Waals surface area (Å²) in [6.45, 7) is 2.41.